The zero-order chi connectivity index (χ0) is 23.3. The van der Waals surface area contributed by atoms with Crippen LogP contribution in [-0.2, 0) is 6.42 Å². The van der Waals surface area contributed by atoms with Crippen molar-refractivity contribution in [1.82, 2.24) is 19.9 Å². The molecular formula is C27H32N6O. The molecule has 176 valence electrons. The van der Waals surface area contributed by atoms with E-state index in [4.69, 9.17) is 5.73 Å². The molecule has 3 aromatic rings. The van der Waals surface area contributed by atoms with Crippen molar-refractivity contribution in [2.75, 3.05) is 17.6 Å². The molecule has 2 saturated carbocycles. The van der Waals surface area contributed by atoms with E-state index in [-0.39, 0.29) is 11.5 Å². The first-order valence-corrected chi connectivity index (χ1v) is 12.4. The molecule has 0 unspecified atom stereocenters. The number of hydrogen-bond acceptors (Lipinski definition) is 6. The number of benzene rings is 1. The normalized spacial score (nSPS) is 16.1. The average molecular weight is 457 g/mol. The van der Waals surface area contributed by atoms with E-state index in [1.807, 2.05) is 12.1 Å². The quantitative estimate of drug-likeness (QED) is 0.484. The monoisotopic (exact) mass is 456 g/mol. The fourth-order valence-corrected chi connectivity index (χ4v) is 4.74. The van der Waals surface area contributed by atoms with Crippen LogP contribution in [-0.4, -0.2) is 44.4 Å². The summed E-state index contributed by atoms with van der Waals surface area (Å²) in [4.78, 5) is 28.2. The Morgan fingerprint density at radius 2 is 1.76 bits per heavy atom. The molecule has 1 aromatic carbocycles. The van der Waals surface area contributed by atoms with Gasteiger partial charge in [0.05, 0.1) is 23.8 Å². The zero-order valence-corrected chi connectivity index (χ0v) is 19.5. The average Bonchev–Trinajstić information content (AvgIpc) is 2.78. The topological polar surface area (TPSA) is 97.0 Å². The smallest absolute Gasteiger partial charge is 0.278 e. The number of carbonyl (C=O) groups is 1. The highest BCUT2D eigenvalue weighted by Gasteiger charge is 2.32. The number of hydrogen-bond donors (Lipinski definition) is 2. The molecule has 0 atom stereocenters. The van der Waals surface area contributed by atoms with Gasteiger partial charge in [0.25, 0.3) is 5.91 Å². The Kier molecular flexibility index (Phi) is 6.81. The van der Waals surface area contributed by atoms with E-state index in [0.717, 1.165) is 24.1 Å². The van der Waals surface area contributed by atoms with Crippen LogP contribution in [0.25, 0.3) is 11.3 Å². The van der Waals surface area contributed by atoms with Gasteiger partial charge in [-0.2, -0.15) is 0 Å². The lowest BCUT2D eigenvalue weighted by atomic mass is 9.84. The van der Waals surface area contributed by atoms with Crippen molar-refractivity contribution in [3.63, 3.8) is 0 Å². The molecule has 2 aliphatic carbocycles. The van der Waals surface area contributed by atoms with Crippen LogP contribution in [0.3, 0.4) is 0 Å². The number of anilines is 2. The van der Waals surface area contributed by atoms with Crippen molar-refractivity contribution in [3.05, 3.63) is 66.2 Å². The molecule has 0 saturated heterocycles. The lowest BCUT2D eigenvalue weighted by Crippen LogP contribution is -2.49. The molecular weight excluding hydrogens is 424 g/mol. The van der Waals surface area contributed by atoms with Gasteiger partial charge in [0, 0.05) is 23.8 Å². The molecule has 2 heterocycles. The first-order valence-electron chi connectivity index (χ1n) is 12.4. The maximum absolute atomic E-state index is 12.7. The zero-order valence-electron chi connectivity index (χ0n) is 19.5. The van der Waals surface area contributed by atoms with Crippen LogP contribution in [0.2, 0.25) is 0 Å². The van der Waals surface area contributed by atoms with Crippen molar-refractivity contribution >= 4 is 17.4 Å². The van der Waals surface area contributed by atoms with Crippen LogP contribution in [0.1, 0.15) is 61.0 Å². The van der Waals surface area contributed by atoms with Crippen molar-refractivity contribution < 1.29 is 4.79 Å². The molecule has 0 spiro atoms. The first-order chi connectivity index (χ1) is 16.7. The molecule has 1 amide bonds. The largest absolute Gasteiger partial charge is 0.382 e. The van der Waals surface area contributed by atoms with Crippen molar-refractivity contribution in [2.24, 2.45) is 0 Å². The fourth-order valence-electron chi connectivity index (χ4n) is 4.74. The van der Waals surface area contributed by atoms with Crippen molar-refractivity contribution in [1.29, 1.82) is 0 Å². The molecule has 0 bridgehead atoms. The Morgan fingerprint density at radius 1 is 1.03 bits per heavy atom. The summed E-state index contributed by atoms with van der Waals surface area (Å²) < 4.78 is 0. The summed E-state index contributed by atoms with van der Waals surface area (Å²) in [6, 6.07) is 13.6. The highest BCUT2D eigenvalue weighted by atomic mass is 16.1. The molecule has 5 rings (SSSR count). The Balaban J connectivity index is 1.21. The molecule has 7 nitrogen and oxygen atoms in total. The van der Waals surface area contributed by atoms with E-state index in [0.29, 0.717) is 11.4 Å². The van der Waals surface area contributed by atoms with E-state index in [2.05, 4.69) is 37.3 Å². The minimum atomic E-state index is -0.404. The fraction of sp³-hybridized carbons (Fsp3) is 0.407. The number of pyridine rings is 1. The number of nitrogens with one attached hydrogen (secondary N) is 1. The van der Waals surface area contributed by atoms with E-state index in [9.17, 15) is 4.79 Å². The second-order valence-corrected chi connectivity index (χ2v) is 9.39. The third-order valence-corrected chi connectivity index (χ3v) is 7.15. The number of nitrogens with zero attached hydrogens (tertiary/aromatic N) is 4. The maximum Gasteiger partial charge on any atom is 0.278 e. The Labute approximate surface area is 200 Å². The molecule has 3 N–H and O–H groups in total. The molecule has 2 fully saturated rings. The summed E-state index contributed by atoms with van der Waals surface area (Å²) in [7, 11) is 0. The van der Waals surface area contributed by atoms with Crippen LogP contribution in [0.15, 0.2) is 55.0 Å². The summed E-state index contributed by atoms with van der Waals surface area (Å²) in [6.07, 6.45) is 15.4. The van der Waals surface area contributed by atoms with E-state index < -0.39 is 5.91 Å². The lowest BCUT2D eigenvalue weighted by Gasteiger charge is -2.46. The highest BCUT2D eigenvalue weighted by molar-refractivity contribution is 6.05. The first kappa shape index (κ1) is 22.5. The Bertz CT molecular complexity index is 1100. The number of nitrogens with two attached hydrogens (primary N) is 1. The van der Waals surface area contributed by atoms with Gasteiger partial charge in [0.15, 0.2) is 11.5 Å². The van der Waals surface area contributed by atoms with Gasteiger partial charge in [-0.25, -0.2) is 9.97 Å². The summed E-state index contributed by atoms with van der Waals surface area (Å²) in [5, 5.41) is 2.76. The van der Waals surface area contributed by atoms with Crippen molar-refractivity contribution in [2.45, 2.75) is 63.5 Å². The Hall–Kier alpha value is -3.32. The number of carbonyl (C=O) groups excluding carboxylic acids is 1. The predicted octanol–water partition coefficient (Wildman–Crippen LogP) is 4.71. The van der Waals surface area contributed by atoms with E-state index in [1.54, 1.807) is 30.7 Å². The van der Waals surface area contributed by atoms with Gasteiger partial charge >= 0.3 is 0 Å². The number of nitrogen functional groups attached to an aromatic ring is 1. The van der Waals surface area contributed by atoms with Gasteiger partial charge < -0.3 is 11.1 Å². The van der Waals surface area contributed by atoms with Crippen LogP contribution in [0.4, 0.5) is 11.5 Å². The van der Waals surface area contributed by atoms with Crippen LogP contribution >= 0.6 is 0 Å². The van der Waals surface area contributed by atoms with Gasteiger partial charge in [-0.3, -0.25) is 14.7 Å². The van der Waals surface area contributed by atoms with Gasteiger partial charge in [-0.15, -0.1) is 0 Å². The third kappa shape index (κ3) is 5.09. The molecule has 34 heavy (non-hydrogen) atoms. The van der Waals surface area contributed by atoms with Gasteiger partial charge in [-0.1, -0.05) is 37.1 Å². The summed E-state index contributed by atoms with van der Waals surface area (Å²) >= 11 is 0. The van der Waals surface area contributed by atoms with E-state index in [1.165, 1.54) is 57.1 Å². The molecule has 7 heteroatoms. The van der Waals surface area contributed by atoms with Gasteiger partial charge in [0.1, 0.15) is 0 Å². The van der Waals surface area contributed by atoms with Gasteiger partial charge in [-0.05, 0) is 62.8 Å². The van der Waals surface area contributed by atoms with Crippen LogP contribution < -0.4 is 11.1 Å². The molecule has 0 radical (unpaired) electrons. The number of amides is 1. The lowest BCUT2D eigenvalue weighted by molar-refractivity contribution is 0.0397. The summed E-state index contributed by atoms with van der Waals surface area (Å²) in [5.74, 6) is -0.303. The molecule has 0 aliphatic heterocycles. The number of rotatable bonds is 9. The van der Waals surface area contributed by atoms with Gasteiger partial charge in [0.2, 0.25) is 0 Å². The summed E-state index contributed by atoms with van der Waals surface area (Å²) in [5.41, 5.74) is 9.49. The number of aromatic nitrogens is 3. The minimum absolute atomic E-state index is 0.101. The van der Waals surface area contributed by atoms with Crippen LogP contribution in [0.5, 0.6) is 0 Å². The van der Waals surface area contributed by atoms with E-state index >= 15 is 0 Å². The highest BCUT2D eigenvalue weighted by Crippen LogP contribution is 2.33. The van der Waals surface area contributed by atoms with Crippen LogP contribution in [0, 0.1) is 0 Å². The summed E-state index contributed by atoms with van der Waals surface area (Å²) in [6.45, 7) is 1.20. The van der Waals surface area contributed by atoms with Crippen molar-refractivity contribution in [3.8, 4) is 11.3 Å². The maximum atomic E-state index is 12.7. The molecule has 2 aromatic heterocycles. The SMILES string of the molecule is Nc1ncc(-c2ccc(CCCN(C3CCC3)C3CCC3)cc2)nc1C(=O)Nc1cccnc1. The molecule has 2 aliphatic rings. The number of aryl methyl sites for hydroxylation is 1. The standard InChI is InChI=1S/C27H32N6O/c28-26-25(27(34)31-21-6-3-15-29-17-21)32-24(18-30-26)20-13-11-19(12-14-20)5-4-16-33(22-7-1-8-22)23-9-2-10-23/h3,6,11-15,17-18,22-23H,1-2,4-5,7-10,16H2,(H2,28,30)(H,31,34). The minimum Gasteiger partial charge on any atom is -0.382 e. The Morgan fingerprint density at radius 3 is 2.38 bits per heavy atom. The third-order valence-electron chi connectivity index (χ3n) is 7.15. The predicted molar refractivity (Wildman–Crippen MR) is 134 cm³/mol. The second-order valence-electron chi connectivity index (χ2n) is 9.39. The second kappa shape index (κ2) is 10.3.